The maximum absolute atomic E-state index is 5.86. The van der Waals surface area contributed by atoms with E-state index in [-0.39, 0.29) is 0 Å². The first-order valence-electron chi connectivity index (χ1n) is 7.59. The van der Waals surface area contributed by atoms with Crippen molar-refractivity contribution >= 4 is 0 Å². The van der Waals surface area contributed by atoms with Crippen LogP contribution in [0.4, 0.5) is 0 Å². The lowest BCUT2D eigenvalue weighted by atomic mass is 10.1. The van der Waals surface area contributed by atoms with Crippen LogP contribution in [-0.2, 0) is 11.3 Å². The van der Waals surface area contributed by atoms with Crippen LogP contribution in [0.1, 0.15) is 17.0 Å². The number of methoxy groups -OCH3 is 1. The Morgan fingerprint density at radius 2 is 2.00 bits per heavy atom. The Morgan fingerprint density at radius 1 is 1.23 bits per heavy atom. The van der Waals surface area contributed by atoms with Crippen molar-refractivity contribution in [2.24, 2.45) is 0 Å². The van der Waals surface area contributed by atoms with Crippen LogP contribution in [0.5, 0.6) is 5.75 Å². The van der Waals surface area contributed by atoms with Crippen molar-refractivity contribution in [2.45, 2.75) is 20.4 Å². The Labute approximate surface area is 130 Å². The third-order valence-corrected chi connectivity index (χ3v) is 4.01. The van der Waals surface area contributed by atoms with E-state index in [1.165, 1.54) is 0 Å². The molecule has 1 aromatic heterocycles. The summed E-state index contributed by atoms with van der Waals surface area (Å²) in [7, 11) is 1.68. The molecule has 1 fully saturated rings. The van der Waals surface area contributed by atoms with Gasteiger partial charge >= 0.3 is 0 Å². The lowest BCUT2D eigenvalue weighted by Gasteiger charge is -2.25. The van der Waals surface area contributed by atoms with Crippen LogP contribution in [0.15, 0.2) is 22.6 Å². The highest BCUT2D eigenvalue weighted by Gasteiger charge is 2.17. The van der Waals surface area contributed by atoms with Gasteiger partial charge in [0.25, 0.3) is 0 Å². The monoisotopic (exact) mass is 302 g/mol. The molecule has 2 heterocycles. The zero-order valence-corrected chi connectivity index (χ0v) is 13.4. The van der Waals surface area contributed by atoms with Gasteiger partial charge in [-0.15, -0.1) is 0 Å². The molecule has 118 valence electrons. The second-order valence-electron chi connectivity index (χ2n) is 5.59. The predicted molar refractivity (Wildman–Crippen MR) is 84.1 cm³/mol. The fourth-order valence-electron chi connectivity index (χ4n) is 2.68. The Balaban J connectivity index is 1.80. The zero-order valence-electron chi connectivity index (χ0n) is 13.4. The molecule has 5 nitrogen and oxygen atoms in total. The molecule has 0 bridgehead atoms. The van der Waals surface area contributed by atoms with Crippen molar-refractivity contribution in [2.75, 3.05) is 33.4 Å². The minimum absolute atomic E-state index is 0.673. The zero-order chi connectivity index (χ0) is 15.5. The van der Waals surface area contributed by atoms with Crippen molar-refractivity contribution in [3.05, 3.63) is 35.2 Å². The van der Waals surface area contributed by atoms with Crippen LogP contribution in [0.2, 0.25) is 0 Å². The van der Waals surface area contributed by atoms with Crippen molar-refractivity contribution in [3.8, 4) is 17.2 Å². The largest absolute Gasteiger partial charge is 0.496 e. The van der Waals surface area contributed by atoms with Gasteiger partial charge in [-0.1, -0.05) is 0 Å². The van der Waals surface area contributed by atoms with Gasteiger partial charge in [-0.05, 0) is 37.6 Å². The SMILES string of the molecule is COc1ccc(-c2nc(CN3CCOCC3)c(C)o2)cc1C. The number of oxazole rings is 1. The summed E-state index contributed by atoms with van der Waals surface area (Å²) in [6, 6.07) is 5.98. The number of benzene rings is 1. The molecule has 1 aliphatic rings. The first kappa shape index (κ1) is 15.1. The summed E-state index contributed by atoms with van der Waals surface area (Å²) in [5.74, 6) is 2.43. The Bertz CT molecular complexity index is 645. The molecule has 3 rings (SSSR count). The van der Waals surface area contributed by atoms with Gasteiger partial charge in [0.05, 0.1) is 26.0 Å². The first-order valence-corrected chi connectivity index (χ1v) is 7.59. The highest BCUT2D eigenvalue weighted by Crippen LogP contribution is 2.27. The van der Waals surface area contributed by atoms with E-state index in [0.717, 1.165) is 61.2 Å². The Kier molecular flexibility index (Phi) is 4.45. The predicted octanol–water partition coefficient (Wildman–Crippen LogP) is 2.80. The van der Waals surface area contributed by atoms with Crippen LogP contribution in [0.25, 0.3) is 11.5 Å². The molecule has 0 aliphatic carbocycles. The van der Waals surface area contributed by atoms with Gasteiger partial charge in [-0.25, -0.2) is 4.98 Å². The van der Waals surface area contributed by atoms with E-state index in [4.69, 9.17) is 13.9 Å². The smallest absolute Gasteiger partial charge is 0.226 e. The van der Waals surface area contributed by atoms with Crippen LogP contribution in [0.3, 0.4) is 0 Å². The molecule has 0 unspecified atom stereocenters. The Hall–Kier alpha value is -1.85. The van der Waals surface area contributed by atoms with Crippen molar-refractivity contribution in [1.29, 1.82) is 0 Å². The number of aromatic nitrogens is 1. The summed E-state index contributed by atoms with van der Waals surface area (Å²) in [4.78, 5) is 7.03. The second-order valence-corrected chi connectivity index (χ2v) is 5.59. The quantitative estimate of drug-likeness (QED) is 0.869. The number of hydrogen-bond donors (Lipinski definition) is 0. The minimum Gasteiger partial charge on any atom is -0.496 e. The average molecular weight is 302 g/mol. The second kappa shape index (κ2) is 6.50. The highest BCUT2D eigenvalue weighted by molar-refractivity contribution is 5.57. The first-order chi connectivity index (χ1) is 10.7. The number of rotatable bonds is 4. The van der Waals surface area contributed by atoms with Gasteiger partial charge in [0.2, 0.25) is 5.89 Å². The lowest BCUT2D eigenvalue weighted by Crippen LogP contribution is -2.35. The number of aryl methyl sites for hydroxylation is 2. The Morgan fingerprint density at radius 3 is 2.68 bits per heavy atom. The average Bonchev–Trinajstić information content (AvgIpc) is 2.89. The molecule has 0 radical (unpaired) electrons. The van der Waals surface area contributed by atoms with Crippen molar-refractivity contribution in [3.63, 3.8) is 0 Å². The summed E-state index contributed by atoms with van der Waals surface area (Å²) in [5, 5.41) is 0. The summed E-state index contributed by atoms with van der Waals surface area (Å²) in [6.07, 6.45) is 0. The topological polar surface area (TPSA) is 47.7 Å². The van der Waals surface area contributed by atoms with Crippen LogP contribution < -0.4 is 4.74 Å². The molecule has 0 spiro atoms. The third kappa shape index (κ3) is 3.15. The number of morpholine rings is 1. The molecule has 0 amide bonds. The maximum atomic E-state index is 5.86. The molecule has 0 atom stereocenters. The summed E-state index contributed by atoms with van der Waals surface area (Å²) >= 11 is 0. The molecule has 0 N–H and O–H groups in total. The number of nitrogens with zero attached hydrogens (tertiary/aromatic N) is 2. The molecule has 1 aromatic carbocycles. The minimum atomic E-state index is 0.673. The van der Waals surface area contributed by atoms with Crippen molar-refractivity contribution < 1.29 is 13.9 Å². The van der Waals surface area contributed by atoms with Crippen LogP contribution >= 0.6 is 0 Å². The molecule has 5 heteroatoms. The summed E-state index contributed by atoms with van der Waals surface area (Å²) < 4.78 is 16.5. The highest BCUT2D eigenvalue weighted by atomic mass is 16.5. The van der Waals surface area contributed by atoms with E-state index in [0.29, 0.717) is 5.89 Å². The summed E-state index contributed by atoms with van der Waals surface area (Å²) in [6.45, 7) is 8.29. The number of hydrogen-bond acceptors (Lipinski definition) is 5. The van der Waals surface area contributed by atoms with Crippen LogP contribution in [-0.4, -0.2) is 43.3 Å². The molecule has 22 heavy (non-hydrogen) atoms. The van der Waals surface area contributed by atoms with Gasteiger partial charge in [0, 0.05) is 25.2 Å². The van der Waals surface area contributed by atoms with Crippen molar-refractivity contribution in [1.82, 2.24) is 9.88 Å². The van der Waals surface area contributed by atoms with E-state index in [1.54, 1.807) is 7.11 Å². The molecule has 1 aliphatic heterocycles. The summed E-state index contributed by atoms with van der Waals surface area (Å²) in [5.41, 5.74) is 3.06. The fourth-order valence-corrected chi connectivity index (χ4v) is 2.68. The van der Waals surface area contributed by atoms with E-state index in [1.807, 2.05) is 32.0 Å². The standard InChI is InChI=1S/C17H22N2O3/c1-12-10-14(4-5-16(12)20-3)17-18-15(13(2)22-17)11-19-6-8-21-9-7-19/h4-5,10H,6-9,11H2,1-3H3. The molecule has 2 aromatic rings. The van der Waals surface area contributed by atoms with Gasteiger partial charge in [-0.2, -0.15) is 0 Å². The van der Waals surface area contributed by atoms with E-state index >= 15 is 0 Å². The molecule has 0 saturated carbocycles. The van der Waals surface area contributed by atoms with Crippen LogP contribution in [0, 0.1) is 13.8 Å². The fraction of sp³-hybridized carbons (Fsp3) is 0.471. The molecular formula is C17H22N2O3. The normalized spacial score (nSPS) is 16.0. The van der Waals surface area contributed by atoms with E-state index < -0.39 is 0 Å². The van der Waals surface area contributed by atoms with Gasteiger partial charge in [0.15, 0.2) is 0 Å². The van der Waals surface area contributed by atoms with E-state index in [9.17, 15) is 0 Å². The maximum Gasteiger partial charge on any atom is 0.226 e. The third-order valence-electron chi connectivity index (χ3n) is 4.01. The van der Waals surface area contributed by atoms with Gasteiger partial charge < -0.3 is 13.9 Å². The van der Waals surface area contributed by atoms with E-state index in [2.05, 4.69) is 9.88 Å². The lowest BCUT2D eigenvalue weighted by molar-refractivity contribution is 0.0335. The number of ether oxygens (including phenoxy) is 2. The van der Waals surface area contributed by atoms with Gasteiger partial charge in [0.1, 0.15) is 11.5 Å². The molecular weight excluding hydrogens is 280 g/mol. The molecule has 1 saturated heterocycles. The van der Waals surface area contributed by atoms with Gasteiger partial charge in [-0.3, -0.25) is 4.90 Å².